The van der Waals surface area contributed by atoms with Gasteiger partial charge in [-0.15, -0.1) is 0 Å². The van der Waals surface area contributed by atoms with Gasteiger partial charge in [0.2, 0.25) is 0 Å². The molecule has 2 aromatic carbocycles. The molecule has 1 atom stereocenters. The summed E-state index contributed by atoms with van der Waals surface area (Å²) in [6.07, 6.45) is 4.02. The first-order valence-electron chi connectivity index (χ1n) is 10.7. The molecule has 162 valence electrons. The van der Waals surface area contributed by atoms with Crippen LogP contribution in [0, 0.1) is 0 Å². The summed E-state index contributed by atoms with van der Waals surface area (Å²) >= 11 is 0. The summed E-state index contributed by atoms with van der Waals surface area (Å²) in [5.41, 5.74) is 1.35. The molecular formula is C24H26N2O5. The van der Waals surface area contributed by atoms with E-state index in [1.807, 2.05) is 24.3 Å². The number of fused-ring (bicyclic) bond motifs is 2. The number of imide groups is 1. The number of ether oxygens (including phenoxy) is 2. The summed E-state index contributed by atoms with van der Waals surface area (Å²) in [4.78, 5) is 37.7. The number of amides is 3. The van der Waals surface area contributed by atoms with Crippen molar-refractivity contribution in [3.63, 3.8) is 0 Å². The van der Waals surface area contributed by atoms with Crippen LogP contribution in [0.3, 0.4) is 0 Å². The van der Waals surface area contributed by atoms with Crippen LogP contribution >= 0.6 is 0 Å². The molecule has 1 aliphatic carbocycles. The predicted molar refractivity (Wildman–Crippen MR) is 114 cm³/mol. The molecule has 2 N–H and O–H groups in total. The molecule has 7 nitrogen and oxygen atoms in total. The number of urea groups is 1. The molecule has 31 heavy (non-hydrogen) atoms. The fourth-order valence-electron chi connectivity index (χ4n) is 4.14. The quantitative estimate of drug-likeness (QED) is 0.726. The third-order valence-electron chi connectivity index (χ3n) is 5.75. The summed E-state index contributed by atoms with van der Waals surface area (Å²) < 4.78 is 11.4. The van der Waals surface area contributed by atoms with Crippen molar-refractivity contribution in [2.24, 2.45) is 0 Å². The van der Waals surface area contributed by atoms with Gasteiger partial charge in [0.05, 0.1) is 0 Å². The molecule has 0 saturated heterocycles. The standard InChI is InChI=1S/C24H26N2O5/c1-15(22(27)26-24(29)25-16-9-3-2-4-10-16)30-23(28)21-17-11-5-7-13-19(17)31-20-14-8-6-12-18(20)21/h5-8,11-16,21H,2-4,9-10H2,1H3,(H2,25,26,27,29)/t15-/m1/s1. The summed E-state index contributed by atoms with van der Waals surface area (Å²) in [7, 11) is 0. The van der Waals surface area contributed by atoms with Gasteiger partial charge in [-0.1, -0.05) is 55.7 Å². The number of esters is 1. The molecule has 0 bridgehead atoms. The van der Waals surface area contributed by atoms with Crippen molar-refractivity contribution < 1.29 is 23.9 Å². The SMILES string of the molecule is C[C@@H](OC(=O)C1c2ccccc2Oc2ccccc21)C(=O)NC(=O)NC1CCCCC1. The van der Waals surface area contributed by atoms with Gasteiger partial charge in [-0.05, 0) is 31.9 Å². The van der Waals surface area contributed by atoms with E-state index in [0.717, 1.165) is 25.7 Å². The number of nitrogens with one attached hydrogen (secondary N) is 2. The van der Waals surface area contributed by atoms with E-state index in [1.165, 1.54) is 13.3 Å². The Bertz CT molecular complexity index is 938. The second-order valence-corrected chi connectivity index (χ2v) is 7.99. The molecule has 1 heterocycles. The second-order valence-electron chi connectivity index (χ2n) is 7.99. The fourth-order valence-corrected chi connectivity index (χ4v) is 4.14. The highest BCUT2D eigenvalue weighted by Gasteiger charge is 2.35. The molecule has 0 spiro atoms. The van der Waals surface area contributed by atoms with Crippen molar-refractivity contribution in [3.8, 4) is 11.5 Å². The largest absolute Gasteiger partial charge is 0.457 e. The Kier molecular flexibility index (Phi) is 6.21. The minimum Gasteiger partial charge on any atom is -0.457 e. The zero-order valence-corrected chi connectivity index (χ0v) is 17.4. The Labute approximate surface area is 181 Å². The van der Waals surface area contributed by atoms with Crippen LogP contribution in [-0.2, 0) is 14.3 Å². The molecule has 2 aliphatic rings. The Morgan fingerprint density at radius 2 is 1.52 bits per heavy atom. The van der Waals surface area contributed by atoms with E-state index in [4.69, 9.17) is 9.47 Å². The van der Waals surface area contributed by atoms with E-state index in [-0.39, 0.29) is 6.04 Å². The van der Waals surface area contributed by atoms with Crippen LogP contribution in [0.5, 0.6) is 11.5 Å². The van der Waals surface area contributed by atoms with Crippen LogP contribution in [0.4, 0.5) is 4.79 Å². The van der Waals surface area contributed by atoms with Crippen LogP contribution in [0.15, 0.2) is 48.5 Å². The van der Waals surface area contributed by atoms with Crippen LogP contribution in [0.25, 0.3) is 0 Å². The average Bonchev–Trinajstić information content (AvgIpc) is 2.77. The van der Waals surface area contributed by atoms with Gasteiger partial charge in [0.15, 0.2) is 6.10 Å². The fraction of sp³-hybridized carbons (Fsp3) is 0.375. The molecule has 1 aliphatic heterocycles. The van der Waals surface area contributed by atoms with Gasteiger partial charge in [-0.25, -0.2) is 4.79 Å². The van der Waals surface area contributed by atoms with Gasteiger partial charge in [0.1, 0.15) is 17.4 Å². The number of rotatable bonds is 4. The summed E-state index contributed by atoms with van der Waals surface area (Å²) in [5, 5.41) is 5.10. The van der Waals surface area contributed by atoms with Crippen molar-refractivity contribution in [2.45, 2.75) is 57.1 Å². The van der Waals surface area contributed by atoms with Crippen LogP contribution in [-0.4, -0.2) is 30.1 Å². The molecule has 2 aromatic rings. The van der Waals surface area contributed by atoms with Gasteiger partial charge in [-0.2, -0.15) is 0 Å². The third kappa shape index (κ3) is 4.71. The first-order chi connectivity index (χ1) is 15.0. The smallest absolute Gasteiger partial charge is 0.321 e. The van der Waals surface area contributed by atoms with E-state index in [9.17, 15) is 14.4 Å². The maximum Gasteiger partial charge on any atom is 0.321 e. The normalized spacial score (nSPS) is 16.8. The van der Waals surface area contributed by atoms with Crippen molar-refractivity contribution in [1.82, 2.24) is 10.6 Å². The van der Waals surface area contributed by atoms with Crippen LogP contribution in [0.2, 0.25) is 0 Å². The lowest BCUT2D eigenvalue weighted by atomic mass is 9.88. The lowest BCUT2D eigenvalue weighted by Gasteiger charge is -2.27. The minimum atomic E-state index is -1.12. The van der Waals surface area contributed by atoms with E-state index >= 15 is 0 Å². The zero-order valence-electron chi connectivity index (χ0n) is 17.4. The van der Waals surface area contributed by atoms with E-state index < -0.39 is 29.9 Å². The molecule has 0 radical (unpaired) electrons. The minimum absolute atomic E-state index is 0.0784. The highest BCUT2D eigenvalue weighted by molar-refractivity contribution is 5.97. The van der Waals surface area contributed by atoms with Crippen LogP contribution < -0.4 is 15.4 Å². The molecular weight excluding hydrogens is 396 g/mol. The highest BCUT2D eigenvalue weighted by atomic mass is 16.5. The van der Waals surface area contributed by atoms with Crippen LogP contribution in [0.1, 0.15) is 56.1 Å². The third-order valence-corrected chi connectivity index (χ3v) is 5.75. The van der Waals surface area contributed by atoms with E-state index in [0.29, 0.717) is 22.6 Å². The Morgan fingerprint density at radius 1 is 0.935 bits per heavy atom. The number of para-hydroxylation sites is 2. The summed E-state index contributed by atoms with van der Waals surface area (Å²) in [6.45, 7) is 1.46. The zero-order chi connectivity index (χ0) is 21.8. The number of carbonyl (C=O) groups excluding carboxylic acids is 3. The molecule has 1 fully saturated rings. The lowest BCUT2D eigenvalue weighted by Crippen LogP contribution is -2.48. The van der Waals surface area contributed by atoms with Crippen molar-refractivity contribution >= 4 is 17.9 Å². The van der Waals surface area contributed by atoms with E-state index in [2.05, 4.69) is 10.6 Å². The monoisotopic (exact) mass is 422 g/mol. The average molecular weight is 422 g/mol. The number of hydrogen-bond donors (Lipinski definition) is 2. The van der Waals surface area contributed by atoms with Gasteiger partial charge in [0.25, 0.3) is 5.91 Å². The first kappa shape index (κ1) is 20.9. The molecule has 0 aromatic heterocycles. The summed E-state index contributed by atoms with van der Waals surface area (Å²) in [6, 6.07) is 14.0. The van der Waals surface area contributed by atoms with Crippen molar-refractivity contribution in [2.75, 3.05) is 0 Å². The Morgan fingerprint density at radius 3 is 2.13 bits per heavy atom. The van der Waals surface area contributed by atoms with Gasteiger partial charge < -0.3 is 14.8 Å². The van der Waals surface area contributed by atoms with Gasteiger partial charge in [-0.3, -0.25) is 14.9 Å². The van der Waals surface area contributed by atoms with E-state index in [1.54, 1.807) is 24.3 Å². The molecule has 4 rings (SSSR count). The first-order valence-corrected chi connectivity index (χ1v) is 10.7. The number of benzene rings is 2. The number of carbonyl (C=O) groups is 3. The molecule has 1 saturated carbocycles. The van der Waals surface area contributed by atoms with Gasteiger partial charge >= 0.3 is 12.0 Å². The maximum absolute atomic E-state index is 13.1. The van der Waals surface area contributed by atoms with Crippen molar-refractivity contribution in [3.05, 3.63) is 59.7 Å². The molecule has 0 unspecified atom stereocenters. The predicted octanol–water partition coefficient (Wildman–Crippen LogP) is 4.01. The number of hydrogen-bond acceptors (Lipinski definition) is 5. The Hall–Kier alpha value is -3.35. The van der Waals surface area contributed by atoms with Gasteiger partial charge in [0, 0.05) is 17.2 Å². The highest BCUT2D eigenvalue weighted by Crippen LogP contribution is 2.44. The summed E-state index contributed by atoms with van der Waals surface area (Å²) in [5.74, 6) is -0.791. The maximum atomic E-state index is 13.1. The molecule has 7 heteroatoms. The van der Waals surface area contributed by atoms with Crippen molar-refractivity contribution in [1.29, 1.82) is 0 Å². The topological polar surface area (TPSA) is 93.7 Å². The molecule has 3 amide bonds. The lowest BCUT2D eigenvalue weighted by molar-refractivity contribution is -0.155. The Balaban J connectivity index is 1.42. The second kappa shape index (κ2) is 9.20.